The van der Waals surface area contributed by atoms with Crippen molar-refractivity contribution in [1.82, 2.24) is 0 Å². The standard InChI is InChI=1S/C30H29NO6/c1-5-19-9-11-20(12-10-19)26-25(27(32)22-7-6-8-24(17-22)37-18(2)3)28(33)29(34)31(26)23-15-13-21(14-16-23)30(35)36-4/h6-18,26,32H,5H2,1-4H3/b27-25+. The second-order valence-electron chi connectivity index (χ2n) is 9.00. The van der Waals surface area contributed by atoms with Gasteiger partial charge in [0.05, 0.1) is 30.4 Å². The third kappa shape index (κ3) is 5.11. The van der Waals surface area contributed by atoms with Crippen molar-refractivity contribution in [3.05, 3.63) is 101 Å². The number of rotatable bonds is 7. The number of hydrogen-bond donors (Lipinski definition) is 1. The number of aliphatic hydroxyl groups is 1. The van der Waals surface area contributed by atoms with E-state index in [-0.39, 0.29) is 17.4 Å². The number of ether oxygens (including phenoxy) is 2. The maximum absolute atomic E-state index is 13.4. The number of aryl methyl sites for hydroxylation is 1. The number of Topliss-reactive ketones (excluding diaryl/α,β-unsaturated/α-hetero) is 1. The Bertz CT molecular complexity index is 1360. The molecule has 1 unspecified atom stereocenters. The van der Waals surface area contributed by atoms with E-state index in [4.69, 9.17) is 9.47 Å². The summed E-state index contributed by atoms with van der Waals surface area (Å²) in [6.45, 7) is 5.82. The topological polar surface area (TPSA) is 93.1 Å². The van der Waals surface area contributed by atoms with Crippen molar-refractivity contribution in [3.63, 3.8) is 0 Å². The largest absolute Gasteiger partial charge is 0.507 e. The summed E-state index contributed by atoms with van der Waals surface area (Å²) >= 11 is 0. The second kappa shape index (κ2) is 10.7. The van der Waals surface area contributed by atoms with Crippen molar-refractivity contribution >= 4 is 29.1 Å². The SMILES string of the molecule is CCc1ccc(C2/C(=C(\O)c3cccc(OC(C)C)c3)C(=O)C(=O)N2c2ccc(C(=O)OC)cc2)cc1. The molecule has 0 spiro atoms. The highest BCUT2D eigenvalue weighted by Crippen LogP contribution is 2.42. The van der Waals surface area contributed by atoms with Gasteiger partial charge in [-0.1, -0.05) is 43.3 Å². The summed E-state index contributed by atoms with van der Waals surface area (Å²) in [5.41, 5.74) is 2.84. The van der Waals surface area contributed by atoms with Crippen LogP contribution in [0.3, 0.4) is 0 Å². The molecule has 1 N–H and O–H groups in total. The third-order valence-electron chi connectivity index (χ3n) is 6.19. The summed E-state index contributed by atoms with van der Waals surface area (Å²) in [5, 5.41) is 11.4. The maximum atomic E-state index is 13.4. The summed E-state index contributed by atoms with van der Waals surface area (Å²) in [4.78, 5) is 40.0. The normalized spacial score (nSPS) is 16.8. The number of benzene rings is 3. The van der Waals surface area contributed by atoms with Gasteiger partial charge in [-0.15, -0.1) is 0 Å². The van der Waals surface area contributed by atoms with Gasteiger partial charge in [0.2, 0.25) is 0 Å². The Morgan fingerprint density at radius 3 is 2.24 bits per heavy atom. The number of carbonyl (C=O) groups excluding carboxylic acids is 3. The van der Waals surface area contributed by atoms with E-state index in [0.717, 1.165) is 12.0 Å². The van der Waals surface area contributed by atoms with Crippen molar-refractivity contribution in [2.45, 2.75) is 39.3 Å². The highest BCUT2D eigenvalue weighted by Gasteiger charge is 2.47. The lowest BCUT2D eigenvalue weighted by atomic mass is 9.94. The number of amides is 1. The molecule has 1 fully saturated rings. The summed E-state index contributed by atoms with van der Waals surface area (Å²) in [6, 6.07) is 19.7. The van der Waals surface area contributed by atoms with Gasteiger partial charge in [-0.25, -0.2) is 4.79 Å². The van der Waals surface area contributed by atoms with Crippen LogP contribution in [0.1, 0.15) is 53.9 Å². The molecule has 7 heteroatoms. The van der Waals surface area contributed by atoms with Crippen molar-refractivity contribution in [2.75, 3.05) is 12.0 Å². The average Bonchev–Trinajstić information content (AvgIpc) is 3.17. The van der Waals surface area contributed by atoms with Crippen LogP contribution in [0, 0.1) is 0 Å². The first-order chi connectivity index (χ1) is 17.7. The fourth-order valence-corrected chi connectivity index (χ4v) is 4.37. The summed E-state index contributed by atoms with van der Waals surface area (Å²) < 4.78 is 10.5. The summed E-state index contributed by atoms with van der Waals surface area (Å²) in [7, 11) is 1.29. The van der Waals surface area contributed by atoms with Gasteiger partial charge in [0, 0.05) is 11.3 Å². The monoisotopic (exact) mass is 499 g/mol. The molecule has 1 atom stereocenters. The van der Waals surface area contributed by atoms with Crippen molar-refractivity contribution < 1.29 is 29.0 Å². The molecule has 3 aromatic carbocycles. The molecule has 0 aliphatic carbocycles. The Morgan fingerprint density at radius 1 is 0.973 bits per heavy atom. The van der Waals surface area contributed by atoms with Crippen LogP contribution in [-0.2, 0) is 20.7 Å². The first kappa shape index (κ1) is 25.7. The third-order valence-corrected chi connectivity index (χ3v) is 6.19. The lowest BCUT2D eigenvalue weighted by Crippen LogP contribution is -2.29. The predicted octanol–water partition coefficient (Wildman–Crippen LogP) is 5.45. The van der Waals surface area contributed by atoms with E-state index in [1.165, 1.54) is 24.1 Å². The molecular weight excluding hydrogens is 470 g/mol. The van der Waals surface area contributed by atoms with E-state index in [2.05, 4.69) is 0 Å². The quantitative estimate of drug-likeness (QED) is 0.201. The summed E-state index contributed by atoms with van der Waals surface area (Å²) in [6.07, 6.45) is 0.756. The van der Waals surface area contributed by atoms with Gasteiger partial charge in [0.15, 0.2) is 0 Å². The number of nitrogens with zero attached hydrogens (tertiary/aromatic N) is 1. The molecule has 3 aromatic rings. The van der Waals surface area contributed by atoms with Gasteiger partial charge < -0.3 is 14.6 Å². The van der Waals surface area contributed by atoms with Crippen molar-refractivity contribution in [3.8, 4) is 5.75 Å². The highest BCUT2D eigenvalue weighted by atomic mass is 16.5. The van der Waals surface area contributed by atoms with Crippen LogP contribution in [0.25, 0.3) is 5.76 Å². The zero-order valence-corrected chi connectivity index (χ0v) is 21.2. The molecule has 190 valence electrons. The van der Waals surface area contributed by atoms with Crippen molar-refractivity contribution in [1.29, 1.82) is 0 Å². The Morgan fingerprint density at radius 2 is 1.65 bits per heavy atom. The van der Waals surface area contributed by atoms with E-state index in [9.17, 15) is 19.5 Å². The van der Waals surface area contributed by atoms with Crippen LogP contribution in [0.15, 0.2) is 78.4 Å². The van der Waals surface area contributed by atoms with E-state index in [1.807, 2.05) is 45.0 Å². The molecule has 1 heterocycles. The minimum Gasteiger partial charge on any atom is -0.507 e. The Hall–Kier alpha value is -4.39. The Kier molecular flexibility index (Phi) is 7.43. The first-order valence-corrected chi connectivity index (χ1v) is 12.1. The molecular formula is C30H29NO6. The van der Waals surface area contributed by atoms with Crippen LogP contribution in [-0.4, -0.2) is 36.0 Å². The van der Waals surface area contributed by atoms with E-state index in [0.29, 0.717) is 28.1 Å². The number of aliphatic hydroxyl groups excluding tert-OH is 1. The molecule has 1 saturated heterocycles. The molecule has 0 bridgehead atoms. The molecule has 0 radical (unpaired) electrons. The predicted molar refractivity (Wildman–Crippen MR) is 141 cm³/mol. The number of carbonyl (C=O) groups is 3. The second-order valence-corrected chi connectivity index (χ2v) is 9.00. The lowest BCUT2D eigenvalue weighted by molar-refractivity contribution is -0.132. The fourth-order valence-electron chi connectivity index (χ4n) is 4.37. The van der Waals surface area contributed by atoms with Gasteiger partial charge in [-0.3, -0.25) is 14.5 Å². The molecule has 4 rings (SSSR count). The lowest BCUT2D eigenvalue weighted by Gasteiger charge is -2.26. The van der Waals surface area contributed by atoms with E-state index >= 15 is 0 Å². The number of ketones is 1. The van der Waals surface area contributed by atoms with Crippen LogP contribution in [0.5, 0.6) is 5.75 Å². The van der Waals surface area contributed by atoms with Gasteiger partial charge in [0.1, 0.15) is 11.5 Å². The maximum Gasteiger partial charge on any atom is 0.337 e. The van der Waals surface area contributed by atoms with Gasteiger partial charge in [-0.2, -0.15) is 0 Å². The number of hydrogen-bond acceptors (Lipinski definition) is 6. The van der Waals surface area contributed by atoms with Gasteiger partial charge in [-0.05, 0) is 67.8 Å². The van der Waals surface area contributed by atoms with Crippen LogP contribution < -0.4 is 9.64 Å². The number of esters is 1. The van der Waals surface area contributed by atoms with Gasteiger partial charge >= 0.3 is 5.97 Å². The van der Waals surface area contributed by atoms with E-state index < -0.39 is 23.7 Å². The minimum atomic E-state index is -0.871. The average molecular weight is 500 g/mol. The molecule has 0 saturated carbocycles. The number of methoxy groups -OCH3 is 1. The highest BCUT2D eigenvalue weighted by molar-refractivity contribution is 6.51. The Balaban J connectivity index is 1.87. The van der Waals surface area contributed by atoms with Crippen LogP contribution in [0.4, 0.5) is 5.69 Å². The molecule has 1 aliphatic rings. The minimum absolute atomic E-state index is 0.0204. The zero-order valence-electron chi connectivity index (χ0n) is 21.2. The van der Waals surface area contributed by atoms with Crippen LogP contribution in [0.2, 0.25) is 0 Å². The summed E-state index contributed by atoms with van der Waals surface area (Å²) in [5.74, 6) is -1.83. The molecule has 1 aliphatic heterocycles. The molecule has 37 heavy (non-hydrogen) atoms. The van der Waals surface area contributed by atoms with Crippen molar-refractivity contribution in [2.24, 2.45) is 0 Å². The Labute approximate surface area is 215 Å². The van der Waals surface area contributed by atoms with E-state index in [1.54, 1.807) is 36.4 Å². The number of anilines is 1. The smallest absolute Gasteiger partial charge is 0.337 e. The molecule has 7 nitrogen and oxygen atoms in total. The first-order valence-electron chi connectivity index (χ1n) is 12.1. The van der Waals surface area contributed by atoms with Crippen LogP contribution >= 0.6 is 0 Å². The van der Waals surface area contributed by atoms with Gasteiger partial charge in [0.25, 0.3) is 11.7 Å². The molecule has 0 aromatic heterocycles. The zero-order chi connectivity index (χ0) is 26.7. The fraction of sp³-hybridized carbons (Fsp3) is 0.233. The molecule has 1 amide bonds.